The lowest BCUT2D eigenvalue weighted by Gasteiger charge is -2.47. The number of methoxy groups -OCH3 is 1. The summed E-state index contributed by atoms with van der Waals surface area (Å²) in [6.07, 6.45) is -4.35. The average molecular weight is 573 g/mol. The van der Waals surface area contributed by atoms with E-state index in [1.54, 1.807) is 19.1 Å². The number of cyclic esters (lactones) is 1. The maximum absolute atomic E-state index is 13.3. The van der Waals surface area contributed by atoms with Crippen molar-refractivity contribution in [1.29, 1.82) is 0 Å². The first-order valence-electron chi connectivity index (χ1n) is 13.3. The highest BCUT2D eigenvalue weighted by molar-refractivity contribution is 6.47. The van der Waals surface area contributed by atoms with Gasteiger partial charge in [0.05, 0.1) is 32.3 Å². The number of allylic oxidation sites excluding steroid dienone is 4. The summed E-state index contributed by atoms with van der Waals surface area (Å²) in [6, 6.07) is 3.45. The van der Waals surface area contributed by atoms with Gasteiger partial charge >= 0.3 is 5.97 Å². The average Bonchev–Trinajstić information content (AvgIpc) is 3.58. The maximum atomic E-state index is 13.3. The summed E-state index contributed by atoms with van der Waals surface area (Å²) in [6.45, 7) is 1.79. The fourth-order valence-electron chi connectivity index (χ4n) is 6.57. The van der Waals surface area contributed by atoms with Gasteiger partial charge in [0.15, 0.2) is 29.8 Å². The summed E-state index contributed by atoms with van der Waals surface area (Å²) in [4.78, 5) is 38.2. The molecule has 41 heavy (non-hydrogen) atoms. The number of carbonyl (C=O) groups excluding carboxylic acids is 3. The van der Waals surface area contributed by atoms with E-state index in [1.807, 2.05) is 0 Å². The van der Waals surface area contributed by atoms with E-state index in [9.17, 15) is 24.6 Å². The third-order valence-corrected chi connectivity index (χ3v) is 8.51. The van der Waals surface area contributed by atoms with Crippen LogP contribution >= 0.6 is 0 Å². The van der Waals surface area contributed by atoms with Crippen LogP contribution in [0.3, 0.4) is 0 Å². The van der Waals surface area contributed by atoms with Crippen LogP contribution in [-0.2, 0) is 42.8 Å². The smallest absolute Gasteiger partial charge is 0.310 e. The Morgan fingerprint density at radius 2 is 1.68 bits per heavy atom. The SMILES string of the molecule is COC1=CC([C@@H]2c3cc4c(cc3C(O[C@@H]3O[C@@H]5CO[C@@H](C)O[C@H]5[C@H](O)[C@H]3O)C3COC(=O)[C@@H]32)OCO4)=CC(=O)C1=O. The number of carbonyl (C=O) groups is 3. The number of fused-ring (bicyclic) bond motifs is 4. The van der Waals surface area contributed by atoms with Gasteiger partial charge in [0.25, 0.3) is 5.78 Å². The molecule has 7 rings (SSSR count). The zero-order valence-electron chi connectivity index (χ0n) is 22.1. The molecule has 1 aromatic rings. The molecular formula is C28H28O13. The van der Waals surface area contributed by atoms with Gasteiger partial charge in [-0.1, -0.05) is 0 Å². The van der Waals surface area contributed by atoms with Crippen LogP contribution in [0.15, 0.2) is 35.6 Å². The number of aliphatic hydroxyl groups is 2. The van der Waals surface area contributed by atoms with Crippen molar-refractivity contribution in [2.24, 2.45) is 11.8 Å². The van der Waals surface area contributed by atoms with E-state index in [-0.39, 0.29) is 25.8 Å². The third-order valence-electron chi connectivity index (χ3n) is 8.51. The minimum absolute atomic E-state index is 0.00907. The molecule has 1 aromatic carbocycles. The lowest BCUT2D eigenvalue weighted by molar-refractivity contribution is -0.364. The van der Waals surface area contributed by atoms with Crippen molar-refractivity contribution in [3.05, 3.63) is 46.7 Å². The standard InChI is InChI=1S/C28H28O13/c1-10-35-8-19-26(39-10)23(31)24(32)28(40-19)41-25-13-6-17-16(37-9-38-17)5-12(13)20(21-14(25)7-36-27(21)33)11-3-15(29)22(30)18(4-11)34-2/h3-6,10,14,19-21,23-26,28,31-32H,7-9H2,1-2H3/t10-,14?,19-,20-,21+,23-,24-,25?,26-,28+/m1/s1. The van der Waals surface area contributed by atoms with E-state index in [0.29, 0.717) is 28.2 Å². The van der Waals surface area contributed by atoms with E-state index >= 15 is 0 Å². The highest BCUT2D eigenvalue weighted by Gasteiger charge is 2.56. The lowest BCUT2D eigenvalue weighted by atomic mass is 9.65. The molecule has 4 heterocycles. The number of aliphatic hydroxyl groups excluding tert-OH is 2. The molecule has 4 aliphatic heterocycles. The number of ketones is 2. The molecule has 218 valence electrons. The molecule has 6 aliphatic rings. The molecule has 0 spiro atoms. The molecule has 13 heteroatoms. The van der Waals surface area contributed by atoms with Gasteiger partial charge in [-0.15, -0.1) is 0 Å². The van der Waals surface area contributed by atoms with Gasteiger partial charge in [-0.25, -0.2) is 0 Å². The highest BCUT2D eigenvalue weighted by atomic mass is 16.8. The summed E-state index contributed by atoms with van der Waals surface area (Å²) < 4.78 is 45.5. The second-order valence-electron chi connectivity index (χ2n) is 10.8. The van der Waals surface area contributed by atoms with E-state index in [0.717, 1.165) is 0 Å². The molecule has 0 saturated carbocycles. The third kappa shape index (κ3) is 4.18. The molecule has 0 aromatic heterocycles. The van der Waals surface area contributed by atoms with E-state index in [2.05, 4.69) is 0 Å². The molecule has 2 N–H and O–H groups in total. The monoisotopic (exact) mass is 572 g/mol. The lowest BCUT2D eigenvalue weighted by Crippen LogP contribution is -2.63. The minimum atomic E-state index is -1.47. The normalized spacial score (nSPS) is 39.3. The number of rotatable bonds is 4. The van der Waals surface area contributed by atoms with Gasteiger partial charge in [-0.2, -0.15) is 0 Å². The zero-order chi connectivity index (χ0) is 28.6. The zero-order valence-corrected chi connectivity index (χ0v) is 22.1. The van der Waals surface area contributed by atoms with Crippen LogP contribution in [0.5, 0.6) is 11.5 Å². The number of hydrogen-bond donors (Lipinski definition) is 2. The predicted octanol–water partition coefficient (Wildman–Crippen LogP) is 0.176. The molecule has 3 saturated heterocycles. The molecule has 13 nitrogen and oxygen atoms in total. The van der Waals surface area contributed by atoms with Crippen LogP contribution in [0, 0.1) is 11.8 Å². The highest BCUT2D eigenvalue weighted by Crippen LogP contribution is 2.56. The number of ether oxygens (including phenoxy) is 8. The molecule has 3 fully saturated rings. The van der Waals surface area contributed by atoms with Gasteiger partial charge in [0, 0.05) is 11.8 Å². The topological polar surface area (TPSA) is 166 Å². The van der Waals surface area contributed by atoms with Gasteiger partial charge in [0.1, 0.15) is 24.4 Å². The Bertz CT molecular complexity index is 1360. The fraction of sp³-hybridized carbons (Fsp3) is 0.536. The van der Waals surface area contributed by atoms with Crippen molar-refractivity contribution in [3.63, 3.8) is 0 Å². The summed E-state index contributed by atoms with van der Waals surface area (Å²) >= 11 is 0. The Kier molecular flexibility index (Phi) is 6.41. The molecule has 0 amide bonds. The van der Waals surface area contributed by atoms with Crippen molar-refractivity contribution in [3.8, 4) is 11.5 Å². The van der Waals surface area contributed by atoms with E-state index < -0.39 is 78.4 Å². The first-order valence-corrected chi connectivity index (χ1v) is 13.3. The number of benzene rings is 1. The summed E-state index contributed by atoms with van der Waals surface area (Å²) in [5.41, 5.74) is 1.58. The van der Waals surface area contributed by atoms with E-state index in [1.165, 1.54) is 19.3 Å². The van der Waals surface area contributed by atoms with Crippen LogP contribution in [0.2, 0.25) is 0 Å². The van der Waals surface area contributed by atoms with Crippen LogP contribution in [0.4, 0.5) is 0 Å². The number of esters is 1. The van der Waals surface area contributed by atoms with Crippen molar-refractivity contribution in [1.82, 2.24) is 0 Å². The first-order chi connectivity index (χ1) is 19.7. The fourth-order valence-corrected chi connectivity index (χ4v) is 6.57. The van der Waals surface area contributed by atoms with Gasteiger partial charge in [-0.05, 0) is 47.9 Å². The van der Waals surface area contributed by atoms with Crippen molar-refractivity contribution in [2.75, 3.05) is 27.1 Å². The Labute approximate surface area is 233 Å². The second kappa shape index (κ2) is 9.89. The molecular weight excluding hydrogens is 544 g/mol. The minimum Gasteiger partial charge on any atom is -0.492 e. The van der Waals surface area contributed by atoms with Gasteiger partial charge in [0.2, 0.25) is 12.6 Å². The van der Waals surface area contributed by atoms with Gasteiger partial charge < -0.3 is 48.1 Å². The predicted molar refractivity (Wildman–Crippen MR) is 131 cm³/mol. The van der Waals surface area contributed by atoms with Crippen LogP contribution in [0.25, 0.3) is 0 Å². The summed E-state index contributed by atoms with van der Waals surface area (Å²) in [5.74, 6) is -3.43. The quantitative estimate of drug-likeness (QED) is 0.285. The number of Topliss-reactive ketones (excluding diaryl/α,β-unsaturated/α-hetero) is 1. The van der Waals surface area contributed by atoms with Crippen LogP contribution in [-0.4, -0.2) is 91.9 Å². The Balaban J connectivity index is 1.30. The Hall–Kier alpha value is -3.33. The first kappa shape index (κ1) is 26.6. The Morgan fingerprint density at radius 1 is 0.927 bits per heavy atom. The van der Waals surface area contributed by atoms with Crippen molar-refractivity contribution in [2.45, 2.75) is 55.9 Å². The van der Waals surface area contributed by atoms with E-state index in [4.69, 9.17) is 37.9 Å². The second-order valence-corrected chi connectivity index (χ2v) is 10.8. The van der Waals surface area contributed by atoms with Crippen LogP contribution in [0.1, 0.15) is 30.1 Å². The summed E-state index contributed by atoms with van der Waals surface area (Å²) in [7, 11) is 1.29. The molecule has 10 atom stereocenters. The molecule has 0 bridgehead atoms. The van der Waals surface area contributed by atoms with Gasteiger partial charge in [-0.3, -0.25) is 14.4 Å². The number of hydrogen-bond acceptors (Lipinski definition) is 13. The van der Waals surface area contributed by atoms with Crippen molar-refractivity contribution < 1.29 is 62.5 Å². The molecule has 0 radical (unpaired) electrons. The van der Waals surface area contributed by atoms with Crippen molar-refractivity contribution >= 4 is 17.5 Å². The molecule has 2 unspecified atom stereocenters. The maximum Gasteiger partial charge on any atom is 0.310 e. The summed E-state index contributed by atoms with van der Waals surface area (Å²) in [5, 5.41) is 21.8. The Morgan fingerprint density at radius 3 is 2.44 bits per heavy atom. The van der Waals surface area contributed by atoms with Crippen LogP contribution < -0.4 is 9.47 Å². The molecule has 2 aliphatic carbocycles. The largest absolute Gasteiger partial charge is 0.492 e.